The van der Waals surface area contributed by atoms with Crippen molar-refractivity contribution in [1.29, 1.82) is 0 Å². The van der Waals surface area contributed by atoms with Crippen LogP contribution in [-0.4, -0.2) is 57.7 Å². The number of anilines is 1. The molecule has 1 N–H and O–H groups in total. The van der Waals surface area contributed by atoms with Gasteiger partial charge in [0.15, 0.2) is 0 Å². The summed E-state index contributed by atoms with van der Waals surface area (Å²) in [6, 6.07) is 12.8. The zero-order valence-corrected chi connectivity index (χ0v) is 19.1. The standard InChI is InChI=1S/C23H23Cl2N5O2/c1-16-6-7-19(12-21(16)25)27-23(32)29-10-8-28(9-11-29)22(31)18-13-26-30(15-18)14-17-4-2-3-5-20(17)24/h2-7,12-13,15H,8-11,14H2,1H3,(H,27,32). The topological polar surface area (TPSA) is 70.5 Å². The highest BCUT2D eigenvalue weighted by atomic mass is 35.5. The maximum absolute atomic E-state index is 12.9. The van der Waals surface area contributed by atoms with E-state index >= 15 is 0 Å². The summed E-state index contributed by atoms with van der Waals surface area (Å²) in [6.45, 7) is 4.21. The number of hydrogen-bond donors (Lipinski definition) is 1. The molecule has 0 bridgehead atoms. The highest BCUT2D eigenvalue weighted by Gasteiger charge is 2.25. The molecule has 3 amide bonds. The summed E-state index contributed by atoms with van der Waals surface area (Å²) < 4.78 is 1.70. The molecule has 32 heavy (non-hydrogen) atoms. The smallest absolute Gasteiger partial charge is 0.321 e. The number of carbonyl (C=O) groups is 2. The summed E-state index contributed by atoms with van der Waals surface area (Å²) in [4.78, 5) is 28.9. The van der Waals surface area contributed by atoms with E-state index in [-0.39, 0.29) is 11.9 Å². The second-order valence-electron chi connectivity index (χ2n) is 7.69. The molecule has 0 radical (unpaired) electrons. The number of halogens is 2. The average molecular weight is 472 g/mol. The zero-order valence-electron chi connectivity index (χ0n) is 17.6. The molecule has 7 nitrogen and oxygen atoms in total. The van der Waals surface area contributed by atoms with Gasteiger partial charge < -0.3 is 15.1 Å². The van der Waals surface area contributed by atoms with Crippen LogP contribution in [0, 0.1) is 6.92 Å². The van der Waals surface area contributed by atoms with Gasteiger partial charge in [0.2, 0.25) is 0 Å². The third kappa shape index (κ3) is 5.06. The zero-order chi connectivity index (χ0) is 22.7. The first-order chi connectivity index (χ1) is 15.4. The normalized spacial score (nSPS) is 13.8. The van der Waals surface area contributed by atoms with Crippen LogP contribution in [0.15, 0.2) is 54.9 Å². The fraction of sp³-hybridized carbons (Fsp3) is 0.261. The van der Waals surface area contributed by atoms with Crippen molar-refractivity contribution in [1.82, 2.24) is 19.6 Å². The summed E-state index contributed by atoms with van der Waals surface area (Å²) >= 11 is 12.3. The van der Waals surface area contributed by atoms with Gasteiger partial charge in [0.05, 0.1) is 18.3 Å². The molecule has 3 aromatic rings. The van der Waals surface area contributed by atoms with Gasteiger partial charge in [0.25, 0.3) is 5.91 Å². The van der Waals surface area contributed by atoms with Crippen LogP contribution in [0.25, 0.3) is 0 Å². The maximum Gasteiger partial charge on any atom is 0.321 e. The Kier molecular flexibility index (Phi) is 6.67. The number of aryl methyl sites for hydroxylation is 1. The molecule has 1 saturated heterocycles. The van der Waals surface area contributed by atoms with E-state index in [4.69, 9.17) is 23.2 Å². The SMILES string of the molecule is Cc1ccc(NC(=O)N2CCN(C(=O)c3cnn(Cc4ccccc4Cl)c3)CC2)cc1Cl. The lowest BCUT2D eigenvalue weighted by Crippen LogP contribution is -2.51. The number of piperazine rings is 1. The highest BCUT2D eigenvalue weighted by molar-refractivity contribution is 6.31. The number of nitrogens with zero attached hydrogens (tertiary/aromatic N) is 4. The lowest BCUT2D eigenvalue weighted by molar-refractivity contribution is 0.0671. The predicted octanol–water partition coefficient (Wildman–Crippen LogP) is 4.54. The van der Waals surface area contributed by atoms with Crippen molar-refractivity contribution < 1.29 is 9.59 Å². The summed E-state index contributed by atoms with van der Waals surface area (Å²) in [6.07, 6.45) is 3.30. The molecule has 0 atom stereocenters. The van der Waals surface area contributed by atoms with E-state index in [0.29, 0.717) is 54.0 Å². The van der Waals surface area contributed by atoms with Gasteiger partial charge in [-0.1, -0.05) is 47.5 Å². The Hall–Kier alpha value is -3.03. The van der Waals surface area contributed by atoms with E-state index in [0.717, 1.165) is 11.1 Å². The van der Waals surface area contributed by atoms with Gasteiger partial charge in [-0.3, -0.25) is 9.48 Å². The fourth-order valence-corrected chi connectivity index (χ4v) is 3.91. The summed E-state index contributed by atoms with van der Waals surface area (Å²) in [5.74, 6) is -0.0965. The van der Waals surface area contributed by atoms with E-state index < -0.39 is 0 Å². The van der Waals surface area contributed by atoms with Crippen LogP contribution in [0.4, 0.5) is 10.5 Å². The van der Waals surface area contributed by atoms with Gasteiger partial charge in [0.1, 0.15) is 0 Å². The number of hydrogen-bond acceptors (Lipinski definition) is 3. The van der Waals surface area contributed by atoms with Crippen molar-refractivity contribution in [2.24, 2.45) is 0 Å². The van der Waals surface area contributed by atoms with Crippen molar-refractivity contribution in [3.05, 3.63) is 81.6 Å². The van der Waals surface area contributed by atoms with E-state index in [1.165, 1.54) is 0 Å². The molecule has 1 aliphatic rings. The Morgan fingerprint density at radius 1 is 1.00 bits per heavy atom. The molecule has 0 aliphatic carbocycles. The molecule has 2 aromatic carbocycles. The van der Waals surface area contributed by atoms with Gasteiger partial charge in [0, 0.05) is 48.1 Å². The van der Waals surface area contributed by atoms with Crippen molar-refractivity contribution in [3.63, 3.8) is 0 Å². The van der Waals surface area contributed by atoms with Gasteiger partial charge >= 0.3 is 6.03 Å². The Morgan fingerprint density at radius 2 is 1.72 bits per heavy atom. The summed E-state index contributed by atoms with van der Waals surface area (Å²) in [5.41, 5.74) is 3.05. The van der Waals surface area contributed by atoms with Crippen LogP contribution in [-0.2, 0) is 6.54 Å². The molecular weight excluding hydrogens is 449 g/mol. The quantitative estimate of drug-likeness (QED) is 0.607. The number of carbonyl (C=O) groups excluding carboxylic acids is 2. The molecule has 0 unspecified atom stereocenters. The molecule has 0 saturated carbocycles. The minimum Gasteiger partial charge on any atom is -0.335 e. The second kappa shape index (κ2) is 9.63. The third-order valence-corrected chi connectivity index (χ3v) is 6.22. The Labute approximate surface area is 196 Å². The molecule has 166 valence electrons. The van der Waals surface area contributed by atoms with Crippen molar-refractivity contribution >= 4 is 40.8 Å². The van der Waals surface area contributed by atoms with Crippen LogP contribution in [0.1, 0.15) is 21.5 Å². The Bertz CT molecular complexity index is 1140. The number of urea groups is 1. The number of rotatable bonds is 4. The second-order valence-corrected chi connectivity index (χ2v) is 8.51. The summed E-state index contributed by atoms with van der Waals surface area (Å²) in [7, 11) is 0. The van der Waals surface area contributed by atoms with E-state index in [1.807, 2.05) is 43.3 Å². The fourth-order valence-electron chi connectivity index (χ4n) is 3.53. The highest BCUT2D eigenvalue weighted by Crippen LogP contribution is 2.21. The van der Waals surface area contributed by atoms with E-state index in [1.54, 1.807) is 32.9 Å². The monoisotopic (exact) mass is 471 g/mol. The molecule has 0 spiro atoms. The van der Waals surface area contributed by atoms with E-state index in [9.17, 15) is 9.59 Å². The minimum absolute atomic E-state index is 0.0965. The first-order valence-electron chi connectivity index (χ1n) is 10.3. The predicted molar refractivity (Wildman–Crippen MR) is 125 cm³/mol. The lowest BCUT2D eigenvalue weighted by Gasteiger charge is -2.34. The molecule has 9 heteroatoms. The lowest BCUT2D eigenvalue weighted by atomic mass is 10.2. The molecule has 4 rings (SSSR count). The first kappa shape index (κ1) is 22.2. The Balaban J connectivity index is 1.31. The molecule has 1 aliphatic heterocycles. The van der Waals surface area contributed by atoms with Gasteiger partial charge in [-0.05, 0) is 36.2 Å². The minimum atomic E-state index is -0.204. The van der Waals surface area contributed by atoms with Gasteiger partial charge in [-0.25, -0.2) is 4.79 Å². The summed E-state index contributed by atoms with van der Waals surface area (Å²) in [5, 5.41) is 8.43. The van der Waals surface area contributed by atoms with Crippen LogP contribution < -0.4 is 5.32 Å². The third-order valence-electron chi connectivity index (χ3n) is 5.45. The number of benzene rings is 2. The average Bonchev–Trinajstić information content (AvgIpc) is 3.26. The van der Waals surface area contributed by atoms with Crippen molar-refractivity contribution in [2.45, 2.75) is 13.5 Å². The van der Waals surface area contributed by atoms with Crippen LogP contribution in [0.2, 0.25) is 10.0 Å². The molecule has 1 fully saturated rings. The molecule has 1 aromatic heterocycles. The van der Waals surface area contributed by atoms with Crippen LogP contribution in [0.3, 0.4) is 0 Å². The van der Waals surface area contributed by atoms with Crippen LogP contribution >= 0.6 is 23.2 Å². The number of nitrogens with one attached hydrogen (secondary N) is 1. The van der Waals surface area contributed by atoms with Crippen molar-refractivity contribution in [3.8, 4) is 0 Å². The van der Waals surface area contributed by atoms with Crippen LogP contribution in [0.5, 0.6) is 0 Å². The first-order valence-corrected chi connectivity index (χ1v) is 11.0. The maximum atomic E-state index is 12.9. The largest absolute Gasteiger partial charge is 0.335 e. The number of amides is 3. The van der Waals surface area contributed by atoms with Crippen molar-refractivity contribution in [2.75, 3.05) is 31.5 Å². The Morgan fingerprint density at radius 3 is 2.44 bits per heavy atom. The number of aromatic nitrogens is 2. The molecular formula is C23H23Cl2N5O2. The van der Waals surface area contributed by atoms with Gasteiger partial charge in [-0.15, -0.1) is 0 Å². The van der Waals surface area contributed by atoms with Gasteiger partial charge in [-0.2, -0.15) is 5.10 Å². The van der Waals surface area contributed by atoms with E-state index in [2.05, 4.69) is 10.4 Å². The molecule has 2 heterocycles.